The maximum atomic E-state index is 5.76. The number of nitrogens with zero attached hydrogens (tertiary/aromatic N) is 1. The van der Waals surface area contributed by atoms with E-state index in [0.29, 0.717) is 11.3 Å². The first-order chi connectivity index (χ1) is 8.74. The second-order valence-corrected chi connectivity index (χ2v) is 6.21. The molecule has 2 heteroatoms. The highest BCUT2D eigenvalue weighted by Gasteiger charge is 2.43. The Morgan fingerprint density at radius 3 is 2.83 bits per heavy atom. The lowest BCUT2D eigenvalue weighted by Gasteiger charge is -2.37. The van der Waals surface area contributed by atoms with Crippen molar-refractivity contribution in [2.75, 3.05) is 24.5 Å². The third-order valence-electron chi connectivity index (χ3n) is 4.80. The number of nitrogens with two attached hydrogens (primary N) is 1. The van der Waals surface area contributed by atoms with Crippen LogP contribution in [0.5, 0.6) is 0 Å². The Bertz CT molecular complexity index is 423. The van der Waals surface area contributed by atoms with Gasteiger partial charge >= 0.3 is 0 Å². The molecule has 1 aliphatic carbocycles. The lowest BCUT2D eigenvalue weighted by atomic mass is 9.90. The minimum absolute atomic E-state index is 0.544. The summed E-state index contributed by atoms with van der Waals surface area (Å²) in [5, 5.41) is 0. The number of hydrogen-bond acceptors (Lipinski definition) is 2. The molecule has 1 aromatic carbocycles. The van der Waals surface area contributed by atoms with E-state index in [1.54, 1.807) is 0 Å². The molecule has 1 aromatic rings. The average Bonchev–Trinajstić information content (AvgIpc) is 3.14. The van der Waals surface area contributed by atoms with E-state index in [-0.39, 0.29) is 0 Å². The quantitative estimate of drug-likeness (QED) is 0.881. The zero-order valence-electron chi connectivity index (χ0n) is 11.4. The summed E-state index contributed by atoms with van der Waals surface area (Å²) in [5.41, 5.74) is 9.31. The van der Waals surface area contributed by atoms with Crippen LogP contribution in [0.15, 0.2) is 24.3 Å². The van der Waals surface area contributed by atoms with E-state index in [0.717, 1.165) is 6.54 Å². The lowest BCUT2D eigenvalue weighted by molar-refractivity contribution is 0.451. The number of hydrogen-bond donors (Lipinski definition) is 1. The molecule has 1 aliphatic heterocycles. The maximum absolute atomic E-state index is 5.76. The van der Waals surface area contributed by atoms with Crippen molar-refractivity contribution in [1.29, 1.82) is 0 Å². The molecular formula is C16H24N2. The minimum Gasteiger partial charge on any atom is -0.371 e. The first kappa shape index (κ1) is 12.0. The summed E-state index contributed by atoms with van der Waals surface area (Å²) in [6, 6.07) is 8.94. The van der Waals surface area contributed by atoms with Gasteiger partial charge in [-0.2, -0.15) is 0 Å². The third kappa shape index (κ3) is 2.14. The minimum atomic E-state index is 0.544. The van der Waals surface area contributed by atoms with Crippen molar-refractivity contribution in [3.05, 3.63) is 29.8 Å². The van der Waals surface area contributed by atoms with Crippen molar-refractivity contribution in [3.8, 4) is 0 Å². The van der Waals surface area contributed by atoms with Crippen LogP contribution in [-0.4, -0.2) is 19.6 Å². The van der Waals surface area contributed by atoms with Crippen molar-refractivity contribution in [1.82, 2.24) is 0 Å². The van der Waals surface area contributed by atoms with Crippen LogP contribution in [-0.2, 0) is 0 Å². The van der Waals surface area contributed by atoms with Gasteiger partial charge in [-0.05, 0) is 55.2 Å². The van der Waals surface area contributed by atoms with Crippen LogP contribution in [0.3, 0.4) is 0 Å². The van der Waals surface area contributed by atoms with E-state index < -0.39 is 0 Å². The molecule has 0 spiro atoms. The molecule has 1 fully saturated rings. The normalized spacial score (nSPS) is 24.8. The zero-order chi connectivity index (χ0) is 12.6. The van der Waals surface area contributed by atoms with E-state index in [1.165, 1.54) is 50.0 Å². The van der Waals surface area contributed by atoms with Crippen LogP contribution in [0.4, 0.5) is 5.69 Å². The number of para-hydroxylation sites is 1. The summed E-state index contributed by atoms with van der Waals surface area (Å²) in [5.74, 6) is 0.710. The standard InChI is InChI=1S/C16H24N2/c1-13-6-11-18(12-16(7-8-16)9-10-17)15-5-3-2-4-14(13)15/h2-5,13H,6-12,17H2,1H3. The highest BCUT2D eigenvalue weighted by Crippen LogP contribution is 2.50. The zero-order valence-corrected chi connectivity index (χ0v) is 11.4. The van der Waals surface area contributed by atoms with Crippen molar-refractivity contribution in [2.24, 2.45) is 11.1 Å². The first-order valence-corrected chi connectivity index (χ1v) is 7.28. The topological polar surface area (TPSA) is 29.3 Å². The van der Waals surface area contributed by atoms with Crippen molar-refractivity contribution < 1.29 is 0 Å². The van der Waals surface area contributed by atoms with Crippen LogP contribution in [0.25, 0.3) is 0 Å². The highest BCUT2D eigenvalue weighted by atomic mass is 15.1. The van der Waals surface area contributed by atoms with Crippen LogP contribution in [0.2, 0.25) is 0 Å². The number of benzene rings is 1. The van der Waals surface area contributed by atoms with Gasteiger partial charge in [-0.15, -0.1) is 0 Å². The Morgan fingerprint density at radius 2 is 2.11 bits per heavy atom. The fourth-order valence-corrected chi connectivity index (χ4v) is 3.36. The molecule has 2 N–H and O–H groups in total. The molecule has 1 atom stereocenters. The Balaban J connectivity index is 1.80. The maximum Gasteiger partial charge on any atom is 0.0401 e. The Morgan fingerprint density at radius 1 is 1.33 bits per heavy atom. The van der Waals surface area contributed by atoms with E-state index in [1.807, 2.05) is 0 Å². The van der Waals surface area contributed by atoms with Gasteiger partial charge in [0.15, 0.2) is 0 Å². The molecule has 3 rings (SSSR count). The molecule has 1 heterocycles. The number of rotatable bonds is 4. The average molecular weight is 244 g/mol. The molecule has 0 bridgehead atoms. The van der Waals surface area contributed by atoms with Crippen LogP contribution in [0, 0.1) is 5.41 Å². The second-order valence-electron chi connectivity index (χ2n) is 6.21. The van der Waals surface area contributed by atoms with Gasteiger partial charge in [0, 0.05) is 18.8 Å². The van der Waals surface area contributed by atoms with Gasteiger partial charge in [0.05, 0.1) is 0 Å². The van der Waals surface area contributed by atoms with Gasteiger partial charge in [-0.3, -0.25) is 0 Å². The smallest absolute Gasteiger partial charge is 0.0401 e. The lowest BCUT2D eigenvalue weighted by Crippen LogP contribution is -2.36. The van der Waals surface area contributed by atoms with Crippen molar-refractivity contribution >= 4 is 5.69 Å². The van der Waals surface area contributed by atoms with E-state index in [4.69, 9.17) is 5.73 Å². The summed E-state index contributed by atoms with van der Waals surface area (Å²) in [6.07, 6.45) is 5.23. The molecule has 2 aliphatic rings. The van der Waals surface area contributed by atoms with Crippen LogP contribution in [0.1, 0.15) is 44.1 Å². The highest BCUT2D eigenvalue weighted by molar-refractivity contribution is 5.57. The molecule has 98 valence electrons. The van der Waals surface area contributed by atoms with Gasteiger partial charge in [-0.25, -0.2) is 0 Å². The predicted molar refractivity (Wildman–Crippen MR) is 77.0 cm³/mol. The molecule has 0 aromatic heterocycles. The molecule has 1 unspecified atom stereocenters. The SMILES string of the molecule is CC1CCN(CC2(CCN)CC2)c2ccccc21. The number of anilines is 1. The fraction of sp³-hybridized carbons (Fsp3) is 0.625. The summed E-state index contributed by atoms with van der Waals surface area (Å²) in [7, 11) is 0. The molecule has 18 heavy (non-hydrogen) atoms. The Labute approximate surface area is 110 Å². The summed E-state index contributed by atoms with van der Waals surface area (Å²) < 4.78 is 0. The Kier molecular flexibility index (Phi) is 3.06. The summed E-state index contributed by atoms with van der Waals surface area (Å²) >= 11 is 0. The molecule has 0 radical (unpaired) electrons. The molecule has 1 saturated carbocycles. The molecular weight excluding hydrogens is 220 g/mol. The largest absolute Gasteiger partial charge is 0.371 e. The van der Waals surface area contributed by atoms with Crippen molar-refractivity contribution in [2.45, 2.75) is 38.5 Å². The van der Waals surface area contributed by atoms with Gasteiger partial charge < -0.3 is 10.6 Å². The van der Waals surface area contributed by atoms with E-state index in [9.17, 15) is 0 Å². The van der Waals surface area contributed by atoms with Gasteiger partial charge in [-0.1, -0.05) is 25.1 Å². The Hall–Kier alpha value is -1.02. The van der Waals surface area contributed by atoms with Gasteiger partial charge in [0.1, 0.15) is 0 Å². The summed E-state index contributed by atoms with van der Waals surface area (Å²) in [4.78, 5) is 2.61. The first-order valence-electron chi connectivity index (χ1n) is 7.28. The third-order valence-corrected chi connectivity index (χ3v) is 4.80. The number of fused-ring (bicyclic) bond motifs is 1. The monoisotopic (exact) mass is 244 g/mol. The van der Waals surface area contributed by atoms with Crippen molar-refractivity contribution in [3.63, 3.8) is 0 Å². The second kappa shape index (κ2) is 4.58. The van der Waals surface area contributed by atoms with Gasteiger partial charge in [0.2, 0.25) is 0 Å². The van der Waals surface area contributed by atoms with E-state index >= 15 is 0 Å². The molecule has 0 amide bonds. The van der Waals surface area contributed by atoms with Crippen LogP contribution < -0.4 is 10.6 Å². The van der Waals surface area contributed by atoms with E-state index in [2.05, 4.69) is 36.1 Å². The molecule has 2 nitrogen and oxygen atoms in total. The predicted octanol–water partition coefficient (Wildman–Crippen LogP) is 3.13. The fourth-order valence-electron chi connectivity index (χ4n) is 3.36. The summed E-state index contributed by atoms with van der Waals surface area (Å²) in [6.45, 7) is 5.62. The van der Waals surface area contributed by atoms with Gasteiger partial charge in [0.25, 0.3) is 0 Å². The molecule has 0 saturated heterocycles. The van der Waals surface area contributed by atoms with Crippen LogP contribution >= 0.6 is 0 Å².